The van der Waals surface area contributed by atoms with Crippen molar-refractivity contribution in [2.75, 3.05) is 0 Å². The number of rotatable bonds is 0. The fourth-order valence-electron chi connectivity index (χ4n) is 0. The minimum absolute atomic E-state index is 0. The summed E-state index contributed by atoms with van der Waals surface area (Å²) in [5.74, 6) is 0. The largest absolute Gasteiger partial charge is 2.00 e. The Morgan fingerprint density at radius 1 is 0.450 bits per heavy atom. The fraction of sp³-hybridized carbons (Fsp3) is 0. The van der Waals surface area contributed by atoms with Crippen LogP contribution in [0.2, 0.25) is 0 Å². The molecule has 20 heavy (non-hydrogen) atoms. The van der Waals surface area contributed by atoms with Gasteiger partial charge in [0, 0.05) is 0 Å². The van der Waals surface area contributed by atoms with E-state index in [1.807, 2.05) is 0 Å². The summed E-state index contributed by atoms with van der Waals surface area (Å²) < 4.78 is 94.8. The van der Waals surface area contributed by atoms with Gasteiger partial charge in [0.15, 0.2) is 0 Å². The van der Waals surface area contributed by atoms with Gasteiger partial charge in [-0.05, 0) is 0 Å². The zero-order chi connectivity index (χ0) is 13.5. The predicted molar refractivity (Wildman–Crippen MR) is 69.3 cm³/mol. The second-order valence-electron chi connectivity index (χ2n) is 1.34. The summed E-state index contributed by atoms with van der Waals surface area (Å²) in [6.07, 6.45) is 0. The first-order valence-corrected chi connectivity index (χ1v) is 6.29. The molecule has 20 heteroatoms. The topological polar surface area (TPSA) is 318 Å². The average Bonchev–Trinajstić information content (AvgIpc) is 1.41. The van der Waals surface area contributed by atoms with Gasteiger partial charge in [0.2, 0.25) is 0 Å². The number of hydrogen-bond donors (Lipinski definition) is 6. The summed E-state index contributed by atoms with van der Waals surface area (Å²) in [6, 6.07) is 0. The van der Waals surface area contributed by atoms with E-state index in [0.717, 1.165) is 0 Å². The van der Waals surface area contributed by atoms with Crippen molar-refractivity contribution in [2.24, 2.45) is 0 Å². The van der Waals surface area contributed by atoms with Gasteiger partial charge >= 0.3 is 107 Å². The molecular formula is H16Ca2O15S3. The molecule has 0 heterocycles. The van der Waals surface area contributed by atoms with Gasteiger partial charge in [-0.25, -0.2) is 0 Å². The van der Waals surface area contributed by atoms with E-state index in [1.165, 1.54) is 0 Å². The monoisotopic (exact) mass is 432 g/mol. The molecule has 15 nitrogen and oxygen atoms in total. The second-order valence-corrected chi connectivity index (χ2v) is 4.03. The van der Waals surface area contributed by atoms with Crippen LogP contribution in [0, 0.1) is 0 Å². The zero-order valence-corrected chi connectivity index (χ0v) is 16.1. The number of hydrogen-bond acceptors (Lipinski definition) is 6. The van der Waals surface area contributed by atoms with E-state index in [2.05, 4.69) is 0 Å². The van der Waals surface area contributed by atoms with Crippen molar-refractivity contribution in [3.05, 3.63) is 0 Å². The molecule has 0 atom stereocenters. The average molecular weight is 432 g/mol. The maximum atomic E-state index is 8.74. The molecule has 12 N–H and O–H groups in total. The van der Waals surface area contributed by atoms with E-state index < -0.39 is 31.2 Å². The van der Waals surface area contributed by atoms with Gasteiger partial charge in [-0.3, -0.25) is 27.3 Å². The Labute approximate surface area is 179 Å². The fourth-order valence-corrected chi connectivity index (χ4v) is 0. The zero-order valence-electron chi connectivity index (χ0n) is 13.3. The van der Waals surface area contributed by atoms with Crippen LogP contribution in [0.15, 0.2) is 0 Å². The summed E-state index contributed by atoms with van der Waals surface area (Å²) in [5.41, 5.74) is 0. The van der Waals surface area contributed by atoms with Crippen LogP contribution in [0.1, 0.15) is 5.71 Å². The van der Waals surface area contributed by atoms with Crippen LogP contribution in [-0.2, 0) is 31.2 Å². The molecule has 0 aromatic carbocycles. The molecule has 0 saturated heterocycles. The van der Waals surface area contributed by atoms with E-state index in [4.69, 9.17) is 52.6 Å². The second kappa shape index (κ2) is 21.0. The van der Waals surface area contributed by atoms with Crippen molar-refractivity contribution in [1.29, 1.82) is 0 Å². The van der Waals surface area contributed by atoms with Crippen molar-refractivity contribution in [2.45, 2.75) is 0 Å². The molecule has 0 fully saturated rings. The summed E-state index contributed by atoms with van der Waals surface area (Å²) in [5, 5.41) is 0. The summed E-state index contributed by atoms with van der Waals surface area (Å²) in [7, 11) is -14.0. The third-order valence-corrected chi connectivity index (χ3v) is 0. The van der Waals surface area contributed by atoms with Gasteiger partial charge in [0.25, 0.3) is 0 Å². The Morgan fingerprint density at radius 3 is 0.450 bits per heavy atom. The van der Waals surface area contributed by atoms with Gasteiger partial charge in [-0.15, -0.1) is 0 Å². The summed E-state index contributed by atoms with van der Waals surface area (Å²) in [6.45, 7) is 0. The molecule has 0 aliphatic heterocycles. The Kier molecular flexibility index (Phi) is 52.0. The molecule has 0 aliphatic carbocycles. The first-order valence-electron chi connectivity index (χ1n) is 2.10. The normalized spacial score (nSPS) is 8.70. The summed E-state index contributed by atoms with van der Waals surface area (Å²) in [4.78, 5) is 0. The Balaban J connectivity index is -0.00000000758. The Morgan fingerprint density at radius 2 is 0.450 bits per heavy atom. The molecule has 0 amide bonds. The molecule has 0 bridgehead atoms. The molecule has 0 aromatic rings. The minimum atomic E-state index is -4.67. The first-order chi connectivity index (χ1) is 6.00. The van der Waals surface area contributed by atoms with Gasteiger partial charge in [-0.2, -0.15) is 25.3 Å². The third kappa shape index (κ3) is 1790. The van der Waals surface area contributed by atoms with Crippen LogP contribution in [0.4, 0.5) is 0 Å². The molecule has 0 unspecified atom stereocenters. The molecule has 0 spiro atoms. The maximum Gasteiger partial charge on any atom is 2.00 e. The summed E-state index contributed by atoms with van der Waals surface area (Å²) >= 11 is 0. The van der Waals surface area contributed by atoms with Gasteiger partial charge in [-0.1, -0.05) is 0 Å². The van der Waals surface area contributed by atoms with Crippen LogP contribution in [0.5, 0.6) is 0 Å². The SMILES string of the molecule is O.O.O.O=S(=O)(O)O.O=S(=O)(O)O.O=S(=O)(O)O.[Ca+2].[Ca+2].[H-].[H-].[H-].[H-]. The van der Waals surface area contributed by atoms with E-state index in [0.29, 0.717) is 0 Å². The van der Waals surface area contributed by atoms with Crippen LogP contribution < -0.4 is 0 Å². The Hall–Kier alpha value is 2.01. The van der Waals surface area contributed by atoms with Crippen molar-refractivity contribution in [3.8, 4) is 0 Å². The molecular weight excluding hydrogens is 416 g/mol. The van der Waals surface area contributed by atoms with Crippen molar-refractivity contribution < 1.29 is 74.7 Å². The van der Waals surface area contributed by atoms with Crippen LogP contribution in [-0.4, -0.2) is 144 Å². The Bertz CT molecular complexity index is 358. The molecule has 0 saturated carbocycles. The predicted octanol–water partition coefficient (Wildman–Crippen LogP) is -4.74. The van der Waals surface area contributed by atoms with E-state index in [9.17, 15) is 0 Å². The smallest absolute Gasteiger partial charge is 1.00 e. The van der Waals surface area contributed by atoms with Gasteiger partial charge in [0.1, 0.15) is 0 Å². The van der Waals surface area contributed by atoms with Crippen LogP contribution in [0.25, 0.3) is 0 Å². The molecule has 0 aliphatic rings. The van der Waals surface area contributed by atoms with Gasteiger partial charge in [0.05, 0.1) is 0 Å². The quantitative estimate of drug-likeness (QED) is 0.155. The van der Waals surface area contributed by atoms with Crippen molar-refractivity contribution in [3.63, 3.8) is 0 Å². The van der Waals surface area contributed by atoms with Crippen LogP contribution >= 0.6 is 0 Å². The maximum absolute atomic E-state index is 8.74. The minimum Gasteiger partial charge on any atom is -1.00 e. The standard InChI is InChI=1S/2Ca.3H2O4S.3H2O.4H/c;;3*1-5(2,3)4;;;;;;;/h;;3*(H2,1,2,3,4);3*1H2;;;;/q2*+2;;;;;;;4*-1. The molecule has 128 valence electrons. The van der Waals surface area contributed by atoms with Crippen molar-refractivity contribution in [1.82, 2.24) is 0 Å². The van der Waals surface area contributed by atoms with Gasteiger partial charge < -0.3 is 22.1 Å². The molecule has 0 aromatic heterocycles. The van der Waals surface area contributed by atoms with E-state index in [1.54, 1.807) is 0 Å². The van der Waals surface area contributed by atoms with Crippen molar-refractivity contribution >= 4 is 107 Å². The first kappa shape index (κ1) is 49.5. The van der Waals surface area contributed by atoms with E-state index in [-0.39, 0.29) is 97.6 Å². The van der Waals surface area contributed by atoms with E-state index >= 15 is 0 Å². The molecule has 0 rings (SSSR count). The third-order valence-electron chi connectivity index (χ3n) is 0. The van der Waals surface area contributed by atoms with Crippen LogP contribution in [0.3, 0.4) is 0 Å². The molecule has 0 radical (unpaired) electrons.